The van der Waals surface area contributed by atoms with E-state index in [9.17, 15) is 4.79 Å². The number of rotatable bonds is 6. The van der Waals surface area contributed by atoms with Crippen molar-refractivity contribution in [3.8, 4) is 16.5 Å². The number of ether oxygens (including phenoxy) is 1. The van der Waals surface area contributed by atoms with Gasteiger partial charge in [0, 0.05) is 17.5 Å². The van der Waals surface area contributed by atoms with Crippen LogP contribution in [0.25, 0.3) is 21.7 Å². The maximum Gasteiger partial charge on any atom is 0.336 e. The zero-order valence-corrected chi connectivity index (χ0v) is 15.0. The molecule has 1 aromatic carbocycles. The smallest absolute Gasteiger partial charge is 0.336 e. The summed E-state index contributed by atoms with van der Waals surface area (Å²) in [7, 11) is 0. The Hall–Kier alpha value is -2.86. The number of aromatic nitrogens is 1. The van der Waals surface area contributed by atoms with Crippen LogP contribution in [-0.4, -0.2) is 4.98 Å². The minimum absolute atomic E-state index is 0.277. The van der Waals surface area contributed by atoms with Gasteiger partial charge in [-0.3, -0.25) is 0 Å². The van der Waals surface area contributed by atoms with Crippen LogP contribution in [-0.2, 0) is 13.0 Å². The largest absolute Gasteiger partial charge is 0.487 e. The number of thiophene rings is 1. The fraction of sp³-hybridized carbons (Fsp3) is 0.200. The van der Waals surface area contributed by atoms with Crippen LogP contribution in [0.3, 0.4) is 0 Å². The minimum Gasteiger partial charge on any atom is -0.487 e. The predicted octanol–water partition coefficient (Wildman–Crippen LogP) is 5.04. The SMILES string of the molecule is CCCc1cc(=O)oc2cc(OCc3coc(-c4cccs4)n3)ccc12. The molecule has 3 heterocycles. The topological polar surface area (TPSA) is 65.5 Å². The Kier molecular flexibility index (Phi) is 4.58. The third kappa shape index (κ3) is 3.41. The Labute approximate surface area is 153 Å². The first kappa shape index (κ1) is 16.6. The van der Waals surface area contributed by atoms with Gasteiger partial charge in [-0.2, -0.15) is 0 Å². The molecule has 0 N–H and O–H groups in total. The van der Waals surface area contributed by atoms with Crippen molar-refractivity contribution in [3.05, 3.63) is 69.7 Å². The van der Waals surface area contributed by atoms with Gasteiger partial charge in [0.1, 0.15) is 29.9 Å². The van der Waals surface area contributed by atoms with Crippen LogP contribution in [0, 0.1) is 0 Å². The maximum atomic E-state index is 11.8. The van der Waals surface area contributed by atoms with Gasteiger partial charge >= 0.3 is 5.63 Å². The van der Waals surface area contributed by atoms with Crippen molar-refractivity contribution < 1.29 is 13.6 Å². The van der Waals surface area contributed by atoms with Gasteiger partial charge in [0.25, 0.3) is 0 Å². The molecule has 5 nitrogen and oxygen atoms in total. The highest BCUT2D eigenvalue weighted by Crippen LogP contribution is 2.26. The Morgan fingerprint density at radius 3 is 2.96 bits per heavy atom. The fourth-order valence-corrected chi connectivity index (χ4v) is 3.48. The summed E-state index contributed by atoms with van der Waals surface area (Å²) in [4.78, 5) is 17.2. The number of nitrogens with zero attached hydrogens (tertiary/aromatic N) is 1. The first-order chi connectivity index (χ1) is 12.7. The lowest BCUT2D eigenvalue weighted by Gasteiger charge is -2.07. The zero-order chi connectivity index (χ0) is 17.9. The Balaban J connectivity index is 1.53. The summed E-state index contributed by atoms with van der Waals surface area (Å²) in [6.45, 7) is 2.36. The fourth-order valence-electron chi connectivity index (χ4n) is 2.82. The summed E-state index contributed by atoms with van der Waals surface area (Å²) < 4.78 is 16.6. The molecule has 0 aliphatic rings. The first-order valence-electron chi connectivity index (χ1n) is 8.41. The monoisotopic (exact) mass is 367 g/mol. The Morgan fingerprint density at radius 1 is 1.23 bits per heavy atom. The molecule has 0 fully saturated rings. The number of hydrogen-bond donors (Lipinski definition) is 0. The lowest BCUT2D eigenvalue weighted by atomic mass is 10.1. The molecule has 0 amide bonds. The summed E-state index contributed by atoms with van der Waals surface area (Å²) in [6, 6.07) is 11.0. The van der Waals surface area contributed by atoms with Gasteiger partial charge in [0.2, 0.25) is 5.89 Å². The van der Waals surface area contributed by atoms with Crippen LogP contribution in [0.4, 0.5) is 0 Å². The van der Waals surface area contributed by atoms with Crippen LogP contribution in [0.1, 0.15) is 24.6 Å². The van der Waals surface area contributed by atoms with E-state index in [-0.39, 0.29) is 12.2 Å². The molecule has 0 unspecified atom stereocenters. The second-order valence-corrected chi connectivity index (χ2v) is 6.86. The quantitative estimate of drug-likeness (QED) is 0.447. The Morgan fingerprint density at radius 2 is 2.15 bits per heavy atom. The molecule has 4 rings (SSSR count). The second-order valence-electron chi connectivity index (χ2n) is 5.91. The van der Waals surface area contributed by atoms with Crippen LogP contribution in [0.2, 0.25) is 0 Å². The molecule has 4 aromatic rings. The van der Waals surface area contributed by atoms with E-state index in [1.165, 1.54) is 0 Å². The van der Waals surface area contributed by atoms with E-state index in [1.807, 2.05) is 29.6 Å². The van der Waals surface area contributed by atoms with Crippen molar-refractivity contribution >= 4 is 22.3 Å². The van der Waals surface area contributed by atoms with Crippen LogP contribution >= 0.6 is 11.3 Å². The van der Waals surface area contributed by atoms with Gasteiger partial charge in [0.15, 0.2) is 0 Å². The van der Waals surface area contributed by atoms with Gasteiger partial charge in [-0.15, -0.1) is 11.3 Å². The summed E-state index contributed by atoms with van der Waals surface area (Å²) >= 11 is 1.57. The first-order valence-corrected chi connectivity index (χ1v) is 9.29. The van der Waals surface area contributed by atoms with E-state index in [2.05, 4.69) is 11.9 Å². The molecule has 0 atom stereocenters. The second kappa shape index (κ2) is 7.17. The summed E-state index contributed by atoms with van der Waals surface area (Å²) in [5, 5.41) is 2.92. The van der Waals surface area contributed by atoms with Crippen LogP contribution in [0.15, 0.2) is 61.7 Å². The molecule has 132 valence electrons. The van der Waals surface area contributed by atoms with Crippen molar-refractivity contribution in [2.45, 2.75) is 26.4 Å². The van der Waals surface area contributed by atoms with Gasteiger partial charge in [-0.1, -0.05) is 19.4 Å². The van der Waals surface area contributed by atoms with E-state index in [4.69, 9.17) is 13.6 Å². The lowest BCUT2D eigenvalue weighted by Crippen LogP contribution is -2.01. The molecule has 0 radical (unpaired) electrons. The molecule has 0 saturated heterocycles. The number of oxazole rings is 1. The van der Waals surface area contributed by atoms with Crippen LogP contribution in [0.5, 0.6) is 5.75 Å². The van der Waals surface area contributed by atoms with Gasteiger partial charge in [0.05, 0.1) is 4.88 Å². The van der Waals surface area contributed by atoms with Gasteiger partial charge in [-0.05, 0) is 35.6 Å². The molecule has 6 heteroatoms. The van der Waals surface area contributed by atoms with Crippen molar-refractivity contribution in [3.63, 3.8) is 0 Å². The highest BCUT2D eigenvalue weighted by atomic mass is 32.1. The standard InChI is InChI=1S/C20H17NO4S/c1-2-4-13-9-19(22)25-17-10-15(6-7-16(13)17)23-11-14-12-24-20(21-14)18-5-3-8-26-18/h3,5-10,12H,2,4,11H2,1H3. The highest BCUT2D eigenvalue weighted by molar-refractivity contribution is 7.13. The predicted molar refractivity (Wildman–Crippen MR) is 101 cm³/mol. The number of hydrogen-bond acceptors (Lipinski definition) is 6. The van der Waals surface area contributed by atoms with E-state index in [0.29, 0.717) is 22.9 Å². The molecular weight excluding hydrogens is 350 g/mol. The van der Waals surface area contributed by atoms with Gasteiger partial charge in [-0.25, -0.2) is 9.78 Å². The summed E-state index contributed by atoms with van der Waals surface area (Å²) in [6.07, 6.45) is 3.40. The van der Waals surface area contributed by atoms with Crippen LogP contribution < -0.4 is 10.4 Å². The molecule has 0 aliphatic carbocycles. The highest BCUT2D eigenvalue weighted by Gasteiger charge is 2.10. The minimum atomic E-state index is -0.338. The molecule has 0 saturated carbocycles. The molecule has 26 heavy (non-hydrogen) atoms. The van der Waals surface area contributed by atoms with Crippen molar-refractivity contribution in [2.75, 3.05) is 0 Å². The third-order valence-corrected chi connectivity index (χ3v) is 4.85. The van der Waals surface area contributed by atoms with E-state index in [1.54, 1.807) is 29.7 Å². The summed E-state index contributed by atoms with van der Waals surface area (Å²) in [5.41, 5.74) is 1.91. The van der Waals surface area contributed by atoms with Crippen molar-refractivity contribution in [1.29, 1.82) is 0 Å². The van der Waals surface area contributed by atoms with E-state index < -0.39 is 0 Å². The average molecular weight is 367 g/mol. The van der Waals surface area contributed by atoms with Gasteiger partial charge < -0.3 is 13.6 Å². The third-order valence-electron chi connectivity index (χ3n) is 3.99. The summed E-state index contributed by atoms with van der Waals surface area (Å²) in [5.74, 6) is 1.21. The van der Waals surface area contributed by atoms with Crippen molar-refractivity contribution in [2.24, 2.45) is 0 Å². The maximum absolute atomic E-state index is 11.8. The molecule has 0 spiro atoms. The Bertz CT molecular complexity index is 1080. The molecular formula is C20H17NO4S. The normalized spacial score (nSPS) is 11.1. The van der Waals surface area contributed by atoms with Crippen molar-refractivity contribution in [1.82, 2.24) is 4.98 Å². The number of aryl methyl sites for hydroxylation is 1. The van der Waals surface area contributed by atoms with E-state index in [0.717, 1.165) is 28.7 Å². The van der Waals surface area contributed by atoms with E-state index >= 15 is 0 Å². The lowest BCUT2D eigenvalue weighted by molar-refractivity contribution is 0.301. The number of fused-ring (bicyclic) bond motifs is 1. The molecule has 0 aliphatic heterocycles. The average Bonchev–Trinajstić information content (AvgIpc) is 3.31. The zero-order valence-electron chi connectivity index (χ0n) is 14.2. The number of benzene rings is 1. The molecule has 0 bridgehead atoms. The molecule has 3 aromatic heterocycles.